The lowest BCUT2D eigenvalue weighted by atomic mass is 10.0. The summed E-state index contributed by atoms with van der Waals surface area (Å²) in [5, 5.41) is 8.69. The Kier molecular flexibility index (Phi) is 3.89. The number of hydrogen-bond acceptors (Lipinski definition) is 4. The molecule has 0 radical (unpaired) electrons. The van der Waals surface area contributed by atoms with Gasteiger partial charge in [0, 0.05) is 29.7 Å². The summed E-state index contributed by atoms with van der Waals surface area (Å²) < 4.78 is 0. The Bertz CT molecular complexity index is 787. The van der Waals surface area contributed by atoms with Gasteiger partial charge in [-0.2, -0.15) is 0 Å². The molecule has 1 amide bonds. The van der Waals surface area contributed by atoms with Gasteiger partial charge < -0.3 is 0 Å². The van der Waals surface area contributed by atoms with Crippen LogP contribution < -0.4 is 5.48 Å². The molecule has 5 nitrogen and oxygen atoms in total. The molecular weight excluding hydrogens is 278 g/mol. The van der Waals surface area contributed by atoms with Crippen LogP contribution in [0.1, 0.15) is 10.4 Å². The van der Waals surface area contributed by atoms with Crippen LogP contribution in [-0.2, 0) is 0 Å². The average molecular weight is 291 g/mol. The first kappa shape index (κ1) is 13.9. The number of hydrogen-bond donors (Lipinski definition) is 2. The van der Waals surface area contributed by atoms with E-state index in [-0.39, 0.29) is 0 Å². The van der Waals surface area contributed by atoms with Gasteiger partial charge in [0.25, 0.3) is 5.91 Å². The summed E-state index contributed by atoms with van der Waals surface area (Å²) in [4.78, 5) is 19.7. The van der Waals surface area contributed by atoms with E-state index in [9.17, 15) is 4.79 Å². The van der Waals surface area contributed by atoms with Crippen molar-refractivity contribution in [3.8, 4) is 22.4 Å². The summed E-state index contributed by atoms with van der Waals surface area (Å²) >= 11 is 0. The Balaban J connectivity index is 1.92. The Morgan fingerprint density at radius 2 is 1.50 bits per heavy atom. The molecule has 22 heavy (non-hydrogen) atoms. The first-order valence-corrected chi connectivity index (χ1v) is 6.69. The molecule has 1 aromatic carbocycles. The highest BCUT2D eigenvalue weighted by molar-refractivity contribution is 5.94. The number of aromatic nitrogens is 2. The number of carbonyl (C=O) groups is 1. The quantitative estimate of drug-likeness (QED) is 0.574. The Hall–Kier alpha value is -3.05. The molecule has 2 heterocycles. The van der Waals surface area contributed by atoms with Crippen LogP contribution in [0.2, 0.25) is 0 Å². The van der Waals surface area contributed by atoms with Gasteiger partial charge in [-0.3, -0.25) is 20.0 Å². The predicted octanol–water partition coefficient (Wildman–Crippen LogP) is 2.93. The molecule has 0 saturated carbocycles. The van der Waals surface area contributed by atoms with Gasteiger partial charge in [-0.1, -0.05) is 24.3 Å². The molecule has 0 fully saturated rings. The van der Waals surface area contributed by atoms with Crippen molar-refractivity contribution >= 4 is 5.91 Å². The number of amides is 1. The SMILES string of the molecule is O=C(NO)c1ccnc(-c2ccc(-c3ccncc3)cc2)c1. The fraction of sp³-hybridized carbons (Fsp3) is 0. The van der Waals surface area contributed by atoms with Crippen molar-refractivity contribution in [3.63, 3.8) is 0 Å². The molecule has 2 N–H and O–H groups in total. The number of nitrogens with one attached hydrogen (secondary N) is 1. The van der Waals surface area contributed by atoms with E-state index in [0.29, 0.717) is 11.3 Å². The standard InChI is InChI=1S/C17H13N3O2/c21-17(20-22)15-7-10-19-16(11-15)14-3-1-12(2-4-14)13-5-8-18-9-6-13/h1-11,22H,(H,20,21). The maximum absolute atomic E-state index is 11.4. The number of rotatable bonds is 3. The normalized spacial score (nSPS) is 10.2. The van der Waals surface area contributed by atoms with Crippen LogP contribution in [-0.4, -0.2) is 21.1 Å². The van der Waals surface area contributed by atoms with E-state index in [1.165, 1.54) is 6.20 Å². The van der Waals surface area contributed by atoms with E-state index in [4.69, 9.17) is 5.21 Å². The second-order valence-electron chi connectivity index (χ2n) is 4.68. The van der Waals surface area contributed by atoms with Crippen LogP contribution in [0.15, 0.2) is 67.1 Å². The third kappa shape index (κ3) is 2.84. The second kappa shape index (κ2) is 6.15. The molecule has 0 aliphatic rings. The van der Waals surface area contributed by atoms with Gasteiger partial charge >= 0.3 is 0 Å². The van der Waals surface area contributed by atoms with Gasteiger partial charge in [0.1, 0.15) is 0 Å². The summed E-state index contributed by atoms with van der Waals surface area (Å²) in [7, 11) is 0. The van der Waals surface area contributed by atoms with Gasteiger partial charge in [-0.05, 0) is 35.4 Å². The molecule has 0 bridgehead atoms. The van der Waals surface area contributed by atoms with E-state index in [2.05, 4.69) is 9.97 Å². The van der Waals surface area contributed by atoms with Crippen molar-refractivity contribution in [2.45, 2.75) is 0 Å². The van der Waals surface area contributed by atoms with Crippen LogP contribution in [0.3, 0.4) is 0 Å². The van der Waals surface area contributed by atoms with Crippen molar-refractivity contribution in [2.75, 3.05) is 0 Å². The molecular formula is C17H13N3O2. The fourth-order valence-electron chi connectivity index (χ4n) is 2.17. The number of carbonyl (C=O) groups excluding carboxylic acids is 1. The first-order chi connectivity index (χ1) is 10.8. The van der Waals surface area contributed by atoms with Crippen LogP contribution >= 0.6 is 0 Å². The molecule has 0 aliphatic heterocycles. The molecule has 0 saturated heterocycles. The Labute approximate surface area is 127 Å². The highest BCUT2D eigenvalue weighted by atomic mass is 16.5. The molecule has 2 aromatic heterocycles. The zero-order valence-electron chi connectivity index (χ0n) is 11.6. The highest BCUT2D eigenvalue weighted by Gasteiger charge is 2.07. The maximum Gasteiger partial charge on any atom is 0.274 e. The molecule has 0 aliphatic carbocycles. The lowest BCUT2D eigenvalue weighted by Crippen LogP contribution is -2.18. The predicted molar refractivity (Wildman–Crippen MR) is 82.2 cm³/mol. The fourth-order valence-corrected chi connectivity index (χ4v) is 2.17. The van der Waals surface area contributed by atoms with E-state index < -0.39 is 5.91 Å². The third-order valence-corrected chi connectivity index (χ3v) is 3.32. The largest absolute Gasteiger partial charge is 0.288 e. The zero-order valence-corrected chi connectivity index (χ0v) is 11.6. The number of pyridine rings is 2. The molecule has 5 heteroatoms. The molecule has 108 valence electrons. The summed E-state index contributed by atoms with van der Waals surface area (Å²) in [5.41, 5.74) is 5.70. The van der Waals surface area contributed by atoms with Gasteiger partial charge in [0.2, 0.25) is 0 Å². The van der Waals surface area contributed by atoms with Crippen LogP contribution in [0.4, 0.5) is 0 Å². The van der Waals surface area contributed by atoms with Crippen molar-refractivity contribution in [1.82, 2.24) is 15.4 Å². The van der Waals surface area contributed by atoms with Gasteiger partial charge in [-0.25, -0.2) is 5.48 Å². The van der Waals surface area contributed by atoms with E-state index in [1.807, 2.05) is 36.4 Å². The number of benzene rings is 1. The van der Waals surface area contributed by atoms with E-state index in [1.54, 1.807) is 30.0 Å². The van der Waals surface area contributed by atoms with Crippen LogP contribution in [0.5, 0.6) is 0 Å². The summed E-state index contributed by atoms with van der Waals surface area (Å²) in [5.74, 6) is -0.558. The smallest absolute Gasteiger partial charge is 0.274 e. The minimum atomic E-state index is -0.558. The summed E-state index contributed by atoms with van der Waals surface area (Å²) in [6.45, 7) is 0. The summed E-state index contributed by atoms with van der Waals surface area (Å²) in [6, 6.07) is 14.9. The zero-order chi connectivity index (χ0) is 15.4. The van der Waals surface area contributed by atoms with Crippen molar-refractivity contribution in [2.24, 2.45) is 0 Å². The summed E-state index contributed by atoms with van der Waals surface area (Å²) in [6.07, 6.45) is 5.04. The van der Waals surface area contributed by atoms with Crippen LogP contribution in [0, 0.1) is 0 Å². The number of hydroxylamine groups is 1. The molecule has 3 aromatic rings. The van der Waals surface area contributed by atoms with Gasteiger partial charge in [0.05, 0.1) is 5.69 Å². The minimum Gasteiger partial charge on any atom is -0.288 e. The van der Waals surface area contributed by atoms with E-state index in [0.717, 1.165) is 16.7 Å². The van der Waals surface area contributed by atoms with Crippen LogP contribution in [0.25, 0.3) is 22.4 Å². The second-order valence-corrected chi connectivity index (χ2v) is 4.68. The molecule has 0 unspecified atom stereocenters. The van der Waals surface area contributed by atoms with Crippen molar-refractivity contribution in [3.05, 3.63) is 72.7 Å². The lowest BCUT2D eigenvalue weighted by Gasteiger charge is -2.05. The van der Waals surface area contributed by atoms with Crippen molar-refractivity contribution in [1.29, 1.82) is 0 Å². The topological polar surface area (TPSA) is 75.1 Å². The van der Waals surface area contributed by atoms with Gasteiger partial charge in [-0.15, -0.1) is 0 Å². The maximum atomic E-state index is 11.4. The minimum absolute atomic E-state index is 0.353. The van der Waals surface area contributed by atoms with Gasteiger partial charge in [0.15, 0.2) is 0 Å². The first-order valence-electron chi connectivity index (χ1n) is 6.69. The Morgan fingerprint density at radius 1 is 0.864 bits per heavy atom. The Morgan fingerprint density at radius 3 is 2.18 bits per heavy atom. The monoisotopic (exact) mass is 291 g/mol. The average Bonchev–Trinajstić information content (AvgIpc) is 2.62. The molecule has 0 spiro atoms. The van der Waals surface area contributed by atoms with E-state index >= 15 is 0 Å². The third-order valence-electron chi connectivity index (χ3n) is 3.32. The molecule has 0 atom stereocenters. The van der Waals surface area contributed by atoms with Crippen molar-refractivity contribution < 1.29 is 10.0 Å². The number of nitrogens with zero attached hydrogens (tertiary/aromatic N) is 2. The highest BCUT2D eigenvalue weighted by Crippen LogP contribution is 2.23. The molecule has 3 rings (SSSR count). The lowest BCUT2D eigenvalue weighted by molar-refractivity contribution is 0.0706.